The Kier molecular flexibility index (Phi) is 4.49. The zero-order valence-corrected chi connectivity index (χ0v) is 8.89. The van der Waals surface area contributed by atoms with Crippen LogP contribution in [0.15, 0.2) is 18.2 Å². The van der Waals surface area contributed by atoms with Crippen molar-refractivity contribution in [1.82, 2.24) is 5.32 Å². The second-order valence-electron chi connectivity index (χ2n) is 3.37. The van der Waals surface area contributed by atoms with Crippen LogP contribution >= 0.6 is 0 Å². The fourth-order valence-corrected chi connectivity index (χ4v) is 1.20. The van der Waals surface area contributed by atoms with Gasteiger partial charge in [0.15, 0.2) is 11.6 Å². The van der Waals surface area contributed by atoms with Crippen molar-refractivity contribution in [3.63, 3.8) is 0 Å². The van der Waals surface area contributed by atoms with E-state index in [-0.39, 0.29) is 11.9 Å². The molecule has 0 radical (unpaired) electrons. The predicted molar refractivity (Wildman–Crippen MR) is 55.0 cm³/mol. The maximum atomic E-state index is 13.2. The van der Waals surface area contributed by atoms with Crippen LogP contribution in [0.25, 0.3) is 0 Å². The van der Waals surface area contributed by atoms with Gasteiger partial charge in [0.1, 0.15) is 0 Å². The first-order valence-corrected chi connectivity index (χ1v) is 4.90. The van der Waals surface area contributed by atoms with Gasteiger partial charge in [-0.2, -0.15) is 4.39 Å². The number of ether oxygens (including phenoxy) is 1. The van der Waals surface area contributed by atoms with E-state index in [4.69, 9.17) is 4.74 Å². The second-order valence-corrected chi connectivity index (χ2v) is 3.37. The Labute approximate surface area is 88.3 Å². The van der Waals surface area contributed by atoms with E-state index < -0.39 is 11.6 Å². The monoisotopic (exact) mass is 215 g/mol. The zero-order chi connectivity index (χ0) is 11.3. The SMILES string of the molecule is CNCCC(C)Oc1cccc(F)c1F. The number of halogens is 2. The molecule has 0 aromatic heterocycles. The van der Waals surface area contributed by atoms with Crippen LogP contribution in [0.5, 0.6) is 5.75 Å². The summed E-state index contributed by atoms with van der Waals surface area (Å²) in [6.45, 7) is 2.60. The first kappa shape index (κ1) is 11.9. The molecular weight excluding hydrogens is 200 g/mol. The molecule has 0 saturated carbocycles. The number of nitrogens with one attached hydrogen (secondary N) is 1. The van der Waals surface area contributed by atoms with Gasteiger partial charge in [-0.3, -0.25) is 0 Å². The normalized spacial score (nSPS) is 12.5. The third kappa shape index (κ3) is 3.47. The van der Waals surface area contributed by atoms with E-state index in [1.54, 1.807) is 0 Å². The molecule has 0 heterocycles. The third-order valence-corrected chi connectivity index (χ3v) is 2.05. The van der Waals surface area contributed by atoms with Crippen molar-refractivity contribution < 1.29 is 13.5 Å². The fraction of sp³-hybridized carbons (Fsp3) is 0.455. The summed E-state index contributed by atoms with van der Waals surface area (Å²) in [6, 6.07) is 3.92. The minimum atomic E-state index is -0.922. The van der Waals surface area contributed by atoms with E-state index in [2.05, 4.69) is 5.32 Å². The molecule has 0 spiro atoms. The van der Waals surface area contributed by atoms with Crippen LogP contribution in [0, 0.1) is 11.6 Å². The second kappa shape index (κ2) is 5.66. The summed E-state index contributed by atoms with van der Waals surface area (Å²) in [4.78, 5) is 0. The van der Waals surface area contributed by atoms with Crippen molar-refractivity contribution in [2.75, 3.05) is 13.6 Å². The molecule has 84 valence electrons. The molecule has 2 nitrogen and oxygen atoms in total. The van der Waals surface area contributed by atoms with Crippen LogP contribution in [0.4, 0.5) is 8.78 Å². The van der Waals surface area contributed by atoms with E-state index in [0.717, 1.165) is 19.0 Å². The minimum absolute atomic E-state index is 0.0291. The molecular formula is C11H15F2NO. The largest absolute Gasteiger partial charge is 0.487 e. The van der Waals surface area contributed by atoms with Crippen molar-refractivity contribution >= 4 is 0 Å². The lowest BCUT2D eigenvalue weighted by Gasteiger charge is -2.14. The average molecular weight is 215 g/mol. The van der Waals surface area contributed by atoms with E-state index in [1.807, 2.05) is 14.0 Å². The molecule has 1 atom stereocenters. The van der Waals surface area contributed by atoms with Gasteiger partial charge in [-0.1, -0.05) is 6.07 Å². The Bertz CT molecular complexity index is 317. The van der Waals surface area contributed by atoms with Gasteiger partial charge in [-0.05, 0) is 39.1 Å². The molecule has 1 N–H and O–H groups in total. The van der Waals surface area contributed by atoms with Crippen LogP contribution in [0.2, 0.25) is 0 Å². The predicted octanol–water partition coefficient (Wildman–Crippen LogP) is 2.34. The Morgan fingerprint density at radius 2 is 2.13 bits per heavy atom. The zero-order valence-electron chi connectivity index (χ0n) is 8.89. The number of hydrogen-bond acceptors (Lipinski definition) is 2. The average Bonchev–Trinajstić information content (AvgIpc) is 2.22. The van der Waals surface area contributed by atoms with Crippen molar-refractivity contribution in [3.8, 4) is 5.75 Å². The van der Waals surface area contributed by atoms with Crippen molar-refractivity contribution in [3.05, 3.63) is 29.8 Å². The van der Waals surface area contributed by atoms with E-state index >= 15 is 0 Å². The molecule has 0 aliphatic heterocycles. The van der Waals surface area contributed by atoms with Crippen molar-refractivity contribution in [2.45, 2.75) is 19.4 Å². The van der Waals surface area contributed by atoms with Gasteiger partial charge in [0.05, 0.1) is 6.10 Å². The van der Waals surface area contributed by atoms with Gasteiger partial charge < -0.3 is 10.1 Å². The Balaban J connectivity index is 2.60. The summed E-state index contributed by atoms with van der Waals surface area (Å²) in [7, 11) is 1.83. The first-order valence-electron chi connectivity index (χ1n) is 4.90. The molecule has 0 saturated heterocycles. The highest BCUT2D eigenvalue weighted by Gasteiger charge is 2.11. The van der Waals surface area contributed by atoms with Crippen molar-refractivity contribution in [1.29, 1.82) is 0 Å². The Morgan fingerprint density at radius 1 is 1.40 bits per heavy atom. The maximum Gasteiger partial charge on any atom is 0.200 e. The Hall–Kier alpha value is -1.16. The lowest BCUT2D eigenvalue weighted by Crippen LogP contribution is -2.19. The van der Waals surface area contributed by atoms with E-state index in [0.29, 0.717) is 0 Å². The molecule has 1 unspecified atom stereocenters. The Morgan fingerprint density at radius 3 is 2.80 bits per heavy atom. The summed E-state index contributed by atoms with van der Waals surface area (Å²) in [5.41, 5.74) is 0. The minimum Gasteiger partial charge on any atom is -0.487 e. The van der Waals surface area contributed by atoms with Crippen molar-refractivity contribution in [2.24, 2.45) is 0 Å². The van der Waals surface area contributed by atoms with Crippen LogP contribution in [0.3, 0.4) is 0 Å². The molecule has 15 heavy (non-hydrogen) atoms. The number of hydrogen-bond donors (Lipinski definition) is 1. The maximum absolute atomic E-state index is 13.2. The smallest absolute Gasteiger partial charge is 0.200 e. The highest BCUT2D eigenvalue weighted by atomic mass is 19.2. The lowest BCUT2D eigenvalue weighted by atomic mass is 10.2. The van der Waals surface area contributed by atoms with Crippen LogP contribution in [0.1, 0.15) is 13.3 Å². The topological polar surface area (TPSA) is 21.3 Å². The van der Waals surface area contributed by atoms with Crippen LogP contribution in [-0.4, -0.2) is 19.7 Å². The highest BCUT2D eigenvalue weighted by Crippen LogP contribution is 2.20. The quantitative estimate of drug-likeness (QED) is 0.814. The van der Waals surface area contributed by atoms with E-state index in [9.17, 15) is 8.78 Å². The standard InChI is InChI=1S/C11H15F2NO/c1-8(6-7-14-2)15-10-5-3-4-9(12)11(10)13/h3-5,8,14H,6-7H2,1-2H3. The lowest BCUT2D eigenvalue weighted by molar-refractivity contribution is 0.199. The van der Waals surface area contributed by atoms with Gasteiger partial charge in [-0.15, -0.1) is 0 Å². The molecule has 4 heteroatoms. The van der Waals surface area contributed by atoms with E-state index in [1.165, 1.54) is 12.1 Å². The third-order valence-electron chi connectivity index (χ3n) is 2.05. The van der Waals surface area contributed by atoms with Gasteiger partial charge in [0.25, 0.3) is 0 Å². The first-order chi connectivity index (χ1) is 7.15. The summed E-state index contributed by atoms with van der Waals surface area (Å²) < 4.78 is 31.3. The number of rotatable bonds is 5. The molecule has 0 aliphatic carbocycles. The summed E-state index contributed by atoms with van der Waals surface area (Å²) in [5, 5.41) is 2.96. The van der Waals surface area contributed by atoms with Gasteiger partial charge in [0, 0.05) is 0 Å². The number of benzene rings is 1. The molecule has 0 fully saturated rings. The fourth-order valence-electron chi connectivity index (χ4n) is 1.20. The summed E-state index contributed by atoms with van der Waals surface area (Å²) in [5.74, 6) is -1.83. The molecule has 0 aliphatic rings. The molecule has 0 amide bonds. The molecule has 1 rings (SSSR count). The van der Waals surface area contributed by atoms with Gasteiger partial charge in [0.2, 0.25) is 5.82 Å². The molecule has 1 aromatic rings. The summed E-state index contributed by atoms with van der Waals surface area (Å²) in [6.07, 6.45) is 0.598. The van der Waals surface area contributed by atoms with Crippen LogP contribution < -0.4 is 10.1 Å². The molecule has 0 bridgehead atoms. The summed E-state index contributed by atoms with van der Waals surface area (Å²) >= 11 is 0. The molecule has 1 aromatic carbocycles. The van der Waals surface area contributed by atoms with Crippen LogP contribution in [-0.2, 0) is 0 Å². The van der Waals surface area contributed by atoms with Gasteiger partial charge >= 0.3 is 0 Å². The van der Waals surface area contributed by atoms with Gasteiger partial charge in [-0.25, -0.2) is 4.39 Å². The highest BCUT2D eigenvalue weighted by molar-refractivity contribution is 5.25.